The number of rotatable bonds is 6. The van der Waals surface area contributed by atoms with Crippen LogP contribution in [0.3, 0.4) is 0 Å². The highest BCUT2D eigenvalue weighted by atomic mass is 16.5. The van der Waals surface area contributed by atoms with Gasteiger partial charge in [-0.15, -0.1) is 0 Å². The monoisotopic (exact) mass is 273 g/mol. The molecule has 0 fully saturated rings. The number of nitrogens with zero attached hydrogens (tertiary/aromatic N) is 2. The Labute approximate surface area is 120 Å². The average Bonchev–Trinajstić information content (AvgIpc) is 2.81. The van der Waals surface area contributed by atoms with Gasteiger partial charge in [0, 0.05) is 13.2 Å². The lowest BCUT2D eigenvalue weighted by Gasteiger charge is -2.20. The van der Waals surface area contributed by atoms with Crippen molar-refractivity contribution in [2.24, 2.45) is 7.05 Å². The molecule has 2 aromatic rings. The molecule has 2 rings (SSSR count). The van der Waals surface area contributed by atoms with Crippen molar-refractivity contribution in [1.82, 2.24) is 15.1 Å². The maximum absolute atomic E-state index is 5.78. The highest BCUT2D eigenvalue weighted by Crippen LogP contribution is 2.25. The first-order chi connectivity index (χ1) is 9.61. The molecule has 1 unspecified atom stereocenters. The quantitative estimate of drug-likeness (QED) is 0.879. The lowest BCUT2D eigenvalue weighted by Crippen LogP contribution is -2.24. The minimum Gasteiger partial charge on any atom is -0.491 e. The molecule has 0 radical (unpaired) electrons. The summed E-state index contributed by atoms with van der Waals surface area (Å²) in [5.74, 6) is 0.905. The van der Waals surface area contributed by atoms with Crippen LogP contribution in [0.5, 0.6) is 5.75 Å². The molecule has 1 atom stereocenters. The van der Waals surface area contributed by atoms with Gasteiger partial charge < -0.3 is 10.1 Å². The van der Waals surface area contributed by atoms with Crippen LogP contribution in [0.15, 0.2) is 36.5 Å². The maximum Gasteiger partial charge on any atom is 0.120 e. The molecule has 4 heteroatoms. The molecule has 0 aliphatic heterocycles. The van der Waals surface area contributed by atoms with Crippen LogP contribution in [0.25, 0.3) is 0 Å². The molecule has 0 amide bonds. The predicted molar refractivity (Wildman–Crippen MR) is 80.9 cm³/mol. The van der Waals surface area contributed by atoms with Gasteiger partial charge in [-0.25, -0.2) is 0 Å². The van der Waals surface area contributed by atoms with Crippen molar-refractivity contribution in [1.29, 1.82) is 0 Å². The first-order valence-electron chi connectivity index (χ1n) is 7.09. The van der Waals surface area contributed by atoms with Gasteiger partial charge in [0.1, 0.15) is 5.75 Å². The first-order valence-corrected chi connectivity index (χ1v) is 7.09. The van der Waals surface area contributed by atoms with Crippen molar-refractivity contribution in [2.75, 3.05) is 6.54 Å². The molecule has 1 aromatic carbocycles. The molecule has 1 aromatic heterocycles. The van der Waals surface area contributed by atoms with Gasteiger partial charge in [-0.3, -0.25) is 4.68 Å². The van der Waals surface area contributed by atoms with E-state index in [-0.39, 0.29) is 12.1 Å². The molecule has 1 N–H and O–H groups in total. The Balaban J connectivity index is 2.32. The first kappa shape index (κ1) is 14.6. The summed E-state index contributed by atoms with van der Waals surface area (Å²) in [5, 5.41) is 7.77. The van der Waals surface area contributed by atoms with E-state index in [9.17, 15) is 0 Å². The van der Waals surface area contributed by atoms with Gasteiger partial charge in [-0.2, -0.15) is 5.10 Å². The van der Waals surface area contributed by atoms with E-state index in [4.69, 9.17) is 4.74 Å². The van der Waals surface area contributed by atoms with Crippen LogP contribution in [-0.4, -0.2) is 22.4 Å². The number of hydrogen-bond donors (Lipinski definition) is 1. The molecule has 0 spiro atoms. The van der Waals surface area contributed by atoms with Crippen LogP contribution in [0.1, 0.15) is 38.1 Å². The van der Waals surface area contributed by atoms with Gasteiger partial charge in [0.05, 0.1) is 17.8 Å². The van der Waals surface area contributed by atoms with Crippen LogP contribution < -0.4 is 10.1 Å². The zero-order valence-corrected chi connectivity index (χ0v) is 12.6. The van der Waals surface area contributed by atoms with Gasteiger partial charge in [0.15, 0.2) is 0 Å². The fourth-order valence-electron chi connectivity index (χ4n) is 2.30. The Morgan fingerprint density at radius 3 is 2.70 bits per heavy atom. The van der Waals surface area contributed by atoms with E-state index < -0.39 is 0 Å². The van der Waals surface area contributed by atoms with Gasteiger partial charge in [0.2, 0.25) is 0 Å². The lowest BCUT2D eigenvalue weighted by molar-refractivity contribution is 0.242. The van der Waals surface area contributed by atoms with E-state index in [0.717, 1.165) is 18.0 Å². The highest BCUT2D eigenvalue weighted by Gasteiger charge is 2.16. The molecule has 1 heterocycles. The standard InChI is InChI=1S/C16H23N3O/c1-5-17-16(15-9-10-18-19(15)4)13-7-6-8-14(11-13)20-12(2)3/h6-12,16-17H,5H2,1-4H3. The zero-order chi connectivity index (χ0) is 14.5. The third-order valence-corrected chi connectivity index (χ3v) is 3.13. The average molecular weight is 273 g/mol. The van der Waals surface area contributed by atoms with Crippen LogP contribution >= 0.6 is 0 Å². The van der Waals surface area contributed by atoms with Gasteiger partial charge in [-0.05, 0) is 44.2 Å². The van der Waals surface area contributed by atoms with Crippen LogP contribution in [0, 0.1) is 0 Å². The molecule has 20 heavy (non-hydrogen) atoms. The summed E-state index contributed by atoms with van der Waals surface area (Å²) in [6.45, 7) is 7.08. The summed E-state index contributed by atoms with van der Waals surface area (Å²) in [4.78, 5) is 0. The van der Waals surface area contributed by atoms with E-state index in [0.29, 0.717) is 0 Å². The number of nitrogens with one attached hydrogen (secondary N) is 1. The van der Waals surface area contributed by atoms with Gasteiger partial charge in [-0.1, -0.05) is 19.1 Å². The number of hydrogen-bond acceptors (Lipinski definition) is 3. The van der Waals surface area contributed by atoms with Crippen molar-refractivity contribution in [2.45, 2.75) is 32.9 Å². The van der Waals surface area contributed by atoms with Crippen LogP contribution in [0.2, 0.25) is 0 Å². The van der Waals surface area contributed by atoms with Crippen LogP contribution in [-0.2, 0) is 7.05 Å². The Morgan fingerprint density at radius 2 is 2.10 bits per heavy atom. The Bertz CT molecular complexity index is 548. The van der Waals surface area contributed by atoms with Crippen molar-refractivity contribution in [3.8, 4) is 5.75 Å². The van der Waals surface area contributed by atoms with E-state index in [1.807, 2.05) is 50.0 Å². The summed E-state index contributed by atoms with van der Waals surface area (Å²) in [5.41, 5.74) is 2.34. The second kappa shape index (κ2) is 6.57. The smallest absolute Gasteiger partial charge is 0.120 e. The zero-order valence-electron chi connectivity index (χ0n) is 12.6. The van der Waals surface area contributed by atoms with Crippen molar-refractivity contribution < 1.29 is 4.74 Å². The minimum atomic E-state index is 0.128. The largest absolute Gasteiger partial charge is 0.491 e. The number of aryl methyl sites for hydroxylation is 1. The fourth-order valence-corrected chi connectivity index (χ4v) is 2.30. The molecule has 4 nitrogen and oxygen atoms in total. The van der Waals surface area contributed by atoms with Crippen LogP contribution in [0.4, 0.5) is 0 Å². The molecule has 0 bridgehead atoms. The Kier molecular flexibility index (Phi) is 4.79. The van der Waals surface area contributed by atoms with Gasteiger partial charge >= 0.3 is 0 Å². The Morgan fingerprint density at radius 1 is 1.30 bits per heavy atom. The van der Waals surface area contributed by atoms with E-state index in [1.54, 1.807) is 0 Å². The van der Waals surface area contributed by atoms with Crippen molar-refractivity contribution >= 4 is 0 Å². The van der Waals surface area contributed by atoms with Gasteiger partial charge in [0.25, 0.3) is 0 Å². The molecule has 0 saturated carbocycles. The number of ether oxygens (including phenoxy) is 1. The molecular formula is C16H23N3O. The second-order valence-corrected chi connectivity index (χ2v) is 5.11. The molecule has 0 aliphatic rings. The summed E-state index contributed by atoms with van der Waals surface area (Å²) in [6.07, 6.45) is 2.01. The van der Waals surface area contributed by atoms with E-state index in [1.165, 1.54) is 5.56 Å². The topological polar surface area (TPSA) is 39.1 Å². The fraction of sp³-hybridized carbons (Fsp3) is 0.438. The lowest BCUT2D eigenvalue weighted by atomic mass is 10.0. The third kappa shape index (κ3) is 3.39. The molecule has 108 valence electrons. The Hall–Kier alpha value is -1.81. The predicted octanol–water partition coefficient (Wildman–Crippen LogP) is 2.91. The highest BCUT2D eigenvalue weighted by molar-refractivity contribution is 5.34. The normalized spacial score (nSPS) is 12.7. The summed E-state index contributed by atoms with van der Waals surface area (Å²) >= 11 is 0. The summed E-state index contributed by atoms with van der Waals surface area (Å²) in [7, 11) is 1.97. The minimum absolute atomic E-state index is 0.128. The molecule has 0 saturated heterocycles. The SMILES string of the molecule is CCNC(c1cccc(OC(C)C)c1)c1ccnn1C. The number of aromatic nitrogens is 2. The van der Waals surface area contributed by atoms with Crippen molar-refractivity contribution in [3.05, 3.63) is 47.8 Å². The summed E-state index contributed by atoms with van der Waals surface area (Å²) in [6, 6.07) is 10.4. The molecule has 0 aliphatic carbocycles. The van der Waals surface area contributed by atoms with Crippen molar-refractivity contribution in [3.63, 3.8) is 0 Å². The maximum atomic E-state index is 5.78. The van der Waals surface area contributed by atoms with E-state index in [2.05, 4.69) is 29.5 Å². The number of benzene rings is 1. The molecular weight excluding hydrogens is 250 g/mol. The van der Waals surface area contributed by atoms with E-state index >= 15 is 0 Å². The third-order valence-electron chi connectivity index (χ3n) is 3.13. The second-order valence-electron chi connectivity index (χ2n) is 5.11. The summed E-state index contributed by atoms with van der Waals surface area (Å²) < 4.78 is 7.69.